The second-order valence-electron chi connectivity index (χ2n) is 6.59. The highest BCUT2D eigenvalue weighted by atomic mass is 16.5. The lowest BCUT2D eigenvalue weighted by atomic mass is 9.93. The van der Waals surface area contributed by atoms with Crippen LogP contribution in [0.4, 0.5) is 11.4 Å². The topological polar surface area (TPSA) is 91.8 Å². The van der Waals surface area contributed by atoms with Crippen LogP contribution in [0.15, 0.2) is 48.8 Å². The molecule has 0 saturated carbocycles. The number of anilines is 2. The van der Waals surface area contributed by atoms with Gasteiger partial charge in [0.1, 0.15) is 5.75 Å². The molecule has 1 aliphatic heterocycles. The third-order valence-electron chi connectivity index (χ3n) is 4.62. The van der Waals surface area contributed by atoms with Crippen LogP contribution in [0, 0.1) is 5.92 Å². The fraction of sp³-hybridized carbons (Fsp3) is 0.350. The Morgan fingerprint density at radius 2 is 1.78 bits per heavy atom. The summed E-state index contributed by atoms with van der Waals surface area (Å²) < 4.78 is 5.07. The molecule has 1 amide bonds. The van der Waals surface area contributed by atoms with Gasteiger partial charge in [-0.3, -0.25) is 9.78 Å². The van der Waals surface area contributed by atoms with Crippen molar-refractivity contribution in [1.29, 1.82) is 0 Å². The maximum atomic E-state index is 12.3. The maximum Gasteiger partial charge on any atom is 0.341 e. The van der Waals surface area contributed by atoms with Crippen LogP contribution in [0.5, 0.6) is 5.75 Å². The Balaban J connectivity index is 1.43. The number of carbonyl (C=O) groups is 2. The molecule has 1 aliphatic rings. The molecular weight excluding hydrogens is 346 g/mol. The fourth-order valence-electron chi connectivity index (χ4n) is 3.20. The third kappa shape index (κ3) is 5.70. The zero-order valence-corrected chi connectivity index (χ0v) is 15.0. The number of nitrogens with zero attached hydrogens (tertiary/aromatic N) is 2. The van der Waals surface area contributed by atoms with Gasteiger partial charge in [-0.15, -0.1) is 0 Å². The normalized spacial score (nSPS) is 14.6. The molecule has 1 saturated heterocycles. The maximum absolute atomic E-state index is 12.3. The van der Waals surface area contributed by atoms with Crippen molar-refractivity contribution in [2.24, 2.45) is 5.92 Å². The molecule has 0 bridgehead atoms. The Kier molecular flexibility index (Phi) is 6.25. The van der Waals surface area contributed by atoms with Gasteiger partial charge < -0.3 is 20.1 Å². The lowest BCUT2D eigenvalue weighted by Crippen LogP contribution is -2.34. The van der Waals surface area contributed by atoms with Crippen molar-refractivity contribution in [2.45, 2.75) is 19.3 Å². The molecule has 2 aromatic rings. The van der Waals surface area contributed by atoms with Crippen LogP contribution in [-0.2, 0) is 9.59 Å². The van der Waals surface area contributed by atoms with Gasteiger partial charge in [0.05, 0.1) is 0 Å². The van der Waals surface area contributed by atoms with Gasteiger partial charge in [0, 0.05) is 43.3 Å². The minimum Gasteiger partial charge on any atom is -0.482 e. The van der Waals surface area contributed by atoms with Crippen LogP contribution in [0.2, 0.25) is 0 Å². The van der Waals surface area contributed by atoms with Gasteiger partial charge in [0.15, 0.2) is 6.61 Å². The van der Waals surface area contributed by atoms with Crippen LogP contribution in [0.3, 0.4) is 0 Å². The number of hydrogen-bond donors (Lipinski definition) is 2. The Morgan fingerprint density at radius 1 is 1.11 bits per heavy atom. The van der Waals surface area contributed by atoms with E-state index in [2.05, 4.69) is 15.2 Å². The second kappa shape index (κ2) is 9.02. The van der Waals surface area contributed by atoms with Crippen molar-refractivity contribution in [3.8, 4) is 5.75 Å². The number of benzene rings is 1. The van der Waals surface area contributed by atoms with E-state index >= 15 is 0 Å². The van der Waals surface area contributed by atoms with Crippen molar-refractivity contribution in [3.63, 3.8) is 0 Å². The van der Waals surface area contributed by atoms with Crippen LogP contribution < -0.4 is 15.0 Å². The number of carboxylic acid groups (broad SMARTS) is 1. The van der Waals surface area contributed by atoms with Crippen LogP contribution in [-0.4, -0.2) is 41.7 Å². The van der Waals surface area contributed by atoms with E-state index in [9.17, 15) is 9.59 Å². The Labute approximate surface area is 158 Å². The molecule has 0 radical (unpaired) electrons. The SMILES string of the molecule is O=C(O)COc1ccc(NC(=O)CC2CCN(c3ccncc3)CC2)cc1. The molecule has 0 unspecified atom stereocenters. The number of aliphatic carboxylic acids is 1. The van der Waals surface area contributed by atoms with Gasteiger partial charge in [0.25, 0.3) is 0 Å². The minimum atomic E-state index is -1.03. The molecule has 2 N–H and O–H groups in total. The number of hydrogen-bond acceptors (Lipinski definition) is 5. The smallest absolute Gasteiger partial charge is 0.341 e. The van der Waals surface area contributed by atoms with Gasteiger partial charge in [-0.1, -0.05) is 0 Å². The lowest BCUT2D eigenvalue weighted by Gasteiger charge is -2.33. The van der Waals surface area contributed by atoms with Gasteiger partial charge >= 0.3 is 5.97 Å². The van der Waals surface area contributed by atoms with Crippen molar-refractivity contribution < 1.29 is 19.4 Å². The molecule has 1 fully saturated rings. The Hall–Kier alpha value is -3.09. The van der Waals surface area contributed by atoms with Gasteiger partial charge in [-0.25, -0.2) is 4.79 Å². The third-order valence-corrected chi connectivity index (χ3v) is 4.62. The molecule has 7 nitrogen and oxygen atoms in total. The molecule has 0 atom stereocenters. The highest BCUT2D eigenvalue weighted by Gasteiger charge is 2.21. The van der Waals surface area contributed by atoms with E-state index < -0.39 is 5.97 Å². The summed E-state index contributed by atoms with van der Waals surface area (Å²) in [7, 11) is 0. The zero-order valence-electron chi connectivity index (χ0n) is 15.0. The number of nitrogens with one attached hydrogen (secondary N) is 1. The van der Waals surface area contributed by atoms with E-state index in [0.29, 0.717) is 23.8 Å². The molecule has 7 heteroatoms. The highest BCUT2D eigenvalue weighted by Crippen LogP contribution is 2.25. The second-order valence-corrected chi connectivity index (χ2v) is 6.59. The molecule has 2 heterocycles. The summed E-state index contributed by atoms with van der Waals surface area (Å²) in [6, 6.07) is 10.7. The predicted molar refractivity (Wildman–Crippen MR) is 102 cm³/mol. The van der Waals surface area contributed by atoms with E-state index in [1.165, 1.54) is 5.69 Å². The number of amides is 1. The first-order valence-electron chi connectivity index (χ1n) is 8.99. The van der Waals surface area contributed by atoms with Gasteiger partial charge in [0.2, 0.25) is 5.91 Å². The van der Waals surface area contributed by atoms with Crippen molar-refractivity contribution in [1.82, 2.24) is 4.98 Å². The number of piperidine rings is 1. The first-order valence-corrected chi connectivity index (χ1v) is 8.99. The van der Waals surface area contributed by atoms with Gasteiger partial charge in [-0.2, -0.15) is 0 Å². The number of aromatic nitrogens is 1. The van der Waals surface area contributed by atoms with Crippen LogP contribution in [0.1, 0.15) is 19.3 Å². The number of rotatable bonds is 7. The molecule has 142 valence electrons. The minimum absolute atomic E-state index is 0.00318. The summed E-state index contributed by atoms with van der Waals surface area (Å²) in [5.41, 5.74) is 1.86. The predicted octanol–water partition coefficient (Wildman–Crippen LogP) is 2.79. The molecule has 27 heavy (non-hydrogen) atoms. The molecule has 0 aliphatic carbocycles. The molecule has 1 aromatic carbocycles. The quantitative estimate of drug-likeness (QED) is 0.780. The standard InChI is InChI=1S/C20H23N3O4/c24-19(22-16-1-3-18(4-2-16)27-14-20(25)26)13-15-7-11-23(12-8-15)17-5-9-21-10-6-17/h1-6,9-10,15H,7-8,11-14H2,(H,22,24)(H,25,26). The Morgan fingerprint density at radius 3 is 2.41 bits per heavy atom. The molecule has 1 aromatic heterocycles. The zero-order chi connectivity index (χ0) is 19.1. The van der Waals surface area contributed by atoms with Gasteiger partial charge in [-0.05, 0) is 55.2 Å². The van der Waals surface area contributed by atoms with E-state index in [1.54, 1.807) is 36.7 Å². The summed E-state index contributed by atoms with van der Waals surface area (Å²) in [6.45, 7) is 1.50. The van der Waals surface area contributed by atoms with E-state index in [-0.39, 0.29) is 12.5 Å². The first kappa shape index (κ1) is 18.7. The molecule has 0 spiro atoms. The lowest BCUT2D eigenvalue weighted by molar-refractivity contribution is -0.139. The van der Waals surface area contributed by atoms with Crippen molar-refractivity contribution in [3.05, 3.63) is 48.8 Å². The first-order chi connectivity index (χ1) is 13.1. The Bertz CT molecular complexity index is 757. The summed E-state index contributed by atoms with van der Waals surface area (Å²) in [5, 5.41) is 11.5. The van der Waals surface area contributed by atoms with E-state index in [1.807, 2.05) is 12.1 Å². The average Bonchev–Trinajstić information content (AvgIpc) is 2.68. The molecule has 3 rings (SSSR count). The van der Waals surface area contributed by atoms with Crippen LogP contribution >= 0.6 is 0 Å². The fourth-order valence-corrected chi connectivity index (χ4v) is 3.20. The highest BCUT2D eigenvalue weighted by molar-refractivity contribution is 5.90. The summed E-state index contributed by atoms with van der Waals surface area (Å²) in [5.74, 6) is -0.195. The summed E-state index contributed by atoms with van der Waals surface area (Å²) in [4.78, 5) is 29.1. The number of ether oxygens (including phenoxy) is 1. The largest absolute Gasteiger partial charge is 0.482 e. The average molecular weight is 369 g/mol. The molecular formula is C20H23N3O4. The van der Waals surface area contributed by atoms with E-state index in [0.717, 1.165) is 25.9 Å². The number of carbonyl (C=O) groups excluding carboxylic acids is 1. The van der Waals surface area contributed by atoms with Crippen molar-refractivity contribution >= 4 is 23.3 Å². The van der Waals surface area contributed by atoms with Crippen LogP contribution in [0.25, 0.3) is 0 Å². The summed E-state index contributed by atoms with van der Waals surface area (Å²) in [6.07, 6.45) is 6.07. The van der Waals surface area contributed by atoms with E-state index in [4.69, 9.17) is 9.84 Å². The number of pyridine rings is 1. The summed E-state index contributed by atoms with van der Waals surface area (Å²) >= 11 is 0. The van der Waals surface area contributed by atoms with Crippen molar-refractivity contribution in [2.75, 3.05) is 29.9 Å². The monoisotopic (exact) mass is 369 g/mol. The number of carboxylic acids is 1.